The lowest BCUT2D eigenvalue weighted by molar-refractivity contribution is 0.136. The second-order valence-electron chi connectivity index (χ2n) is 5.31. The summed E-state index contributed by atoms with van der Waals surface area (Å²) >= 11 is 0. The Kier molecular flexibility index (Phi) is 5.16. The number of nitrogens with zero attached hydrogens (tertiary/aromatic N) is 1. The predicted molar refractivity (Wildman–Crippen MR) is 75.0 cm³/mol. The molecule has 0 aliphatic carbocycles. The van der Waals surface area contributed by atoms with Crippen LogP contribution in [0.3, 0.4) is 0 Å². The molecule has 106 valence electrons. The molecule has 1 fully saturated rings. The Bertz CT molecular complexity index is 382. The molecular weight excluding hydrogens is 243 g/mol. The molecule has 2 rings (SSSR count). The van der Waals surface area contributed by atoms with Crippen LogP contribution in [0.25, 0.3) is 0 Å². The van der Waals surface area contributed by atoms with E-state index in [-0.39, 0.29) is 5.82 Å². The molecule has 0 saturated carbocycles. The number of rotatable bonds is 5. The Balaban J connectivity index is 1.67. The van der Waals surface area contributed by atoms with Crippen molar-refractivity contribution in [1.29, 1.82) is 0 Å². The topological polar surface area (TPSA) is 24.5 Å². The van der Waals surface area contributed by atoms with Gasteiger partial charge in [0.1, 0.15) is 11.6 Å². The number of hydrogen-bond acceptors (Lipinski definition) is 3. The highest BCUT2D eigenvalue weighted by Gasteiger charge is 2.21. The summed E-state index contributed by atoms with van der Waals surface area (Å²) in [6.45, 7) is 8.34. The average Bonchev–Trinajstić information content (AvgIpc) is 2.40. The highest BCUT2D eigenvalue weighted by atomic mass is 19.1. The van der Waals surface area contributed by atoms with E-state index in [4.69, 9.17) is 4.74 Å². The Morgan fingerprint density at radius 1 is 1.32 bits per heavy atom. The van der Waals surface area contributed by atoms with E-state index >= 15 is 0 Å². The van der Waals surface area contributed by atoms with Gasteiger partial charge in [0.05, 0.1) is 6.61 Å². The van der Waals surface area contributed by atoms with Crippen molar-refractivity contribution in [2.24, 2.45) is 0 Å². The Morgan fingerprint density at radius 3 is 2.79 bits per heavy atom. The molecule has 1 aromatic rings. The summed E-state index contributed by atoms with van der Waals surface area (Å²) < 4.78 is 18.3. The minimum Gasteiger partial charge on any atom is -0.494 e. The van der Waals surface area contributed by atoms with Crippen LogP contribution in [-0.4, -0.2) is 43.2 Å². The first-order valence-corrected chi connectivity index (χ1v) is 7.01. The van der Waals surface area contributed by atoms with Gasteiger partial charge in [-0.1, -0.05) is 0 Å². The summed E-state index contributed by atoms with van der Waals surface area (Å²) in [6.07, 6.45) is 0.994. The van der Waals surface area contributed by atoms with Gasteiger partial charge < -0.3 is 10.1 Å². The molecule has 1 aromatic carbocycles. The van der Waals surface area contributed by atoms with Crippen LogP contribution in [0, 0.1) is 5.82 Å². The lowest BCUT2D eigenvalue weighted by atomic mass is 10.1. The van der Waals surface area contributed by atoms with Crippen molar-refractivity contribution in [3.8, 4) is 5.75 Å². The molecule has 2 unspecified atom stereocenters. The molecule has 3 nitrogen and oxygen atoms in total. The van der Waals surface area contributed by atoms with Gasteiger partial charge in [0.2, 0.25) is 0 Å². The third-order valence-electron chi connectivity index (χ3n) is 3.57. The zero-order valence-corrected chi connectivity index (χ0v) is 11.7. The Morgan fingerprint density at radius 2 is 2.05 bits per heavy atom. The highest BCUT2D eigenvalue weighted by Crippen LogP contribution is 2.12. The van der Waals surface area contributed by atoms with E-state index in [1.54, 1.807) is 12.1 Å². The lowest BCUT2D eigenvalue weighted by Gasteiger charge is -2.37. The highest BCUT2D eigenvalue weighted by molar-refractivity contribution is 5.21. The first-order valence-electron chi connectivity index (χ1n) is 7.01. The maximum atomic E-state index is 12.7. The number of hydrogen-bond donors (Lipinski definition) is 1. The van der Waals surface area contributed by atoms with Crippen molar-refractivity contribution in [2.75, 3.05) is 26.2 Å². The van der Waals surface area contributed by atoms with E-state index < -0.39 is 0 Å². The first-order chi connectivity index (χ1) is 9.15. The van der Waals surface area contributed by atoms with E-state index in [1.165, 1.54) is 12.1 Å². The fraction of sp³-hybridized carbons (Fsp3) is 0.600. The number of ether oxygens (including phenoxy) is 1. The van der Waals surface area contributed by atoms with Crippen molar-refractivity contribution >= 4 is 0 Å². The first kappa shape index (κ1) is 14.3. The average molecular weight is 266 g/mol. The molecule has 1 heterocycles. The van der Waals surface area contributed by atoms with Gasteiger partial charge in [-0.05, 0) is 44.5 Å². The smallest absolute Gasteiger partial charge is 0.123 e. The van der Waals surface area contributed by atoms with Crippen LogP contribution in [0.2, 0.25) is 0 Å². The maximum Gasteiger partial charge on any atom is 0.123 e. The van der Waals surface area contributed by atoms with Crippen molar-refractivity contribution < 1.29 is 9.13 Å². The minimum absolute atomic E-state index is 0.226. The number of halogens is 1. The second kappa shape index (κ2) is 6.87. The van der Waals surface area contributed by atoms with Gasteiger partial charge in [0, 0.05) is 31.7 Å². The summed E-state index contributed by atoms with van der Waals surface area (Å²) in [5.74, 6) is 0.513. The Labute approximate surface area is 114 Å². The van der Waals surface area contributed by atoms with Crippen LogP contribution >= 0.6 is 0 Å². The summed E-state index contributed by atoms with van der Waals surface area (Å²) in [7, 11) is 0. The molecule has 1 saturated heterocycles. The minimum atomic E-state index is -0.226. The molecule has 2 atom stereocenters. The van der Waals surface area contributed by atoms with Gasteiger partial charge >= 0.3 is 0 Å². The zero-order valence-electron chi connectivity index (χ0n) is 11.7. The van der Waals surface area contributed by atoms with E-state index in [0.29, 0.717) is 18.7 Å². The maximum absolute atomic E-state index is 12.7. The lowest BCUT2D eigenvalue weighted by Crippen LogP contribution is -2.54. The van der Waals surface area contributed by atoms with Gasteiger partial charge in [-0.25, -0.2) is 4.39 Å². The monoisotopic (exact) mass is 266 g/mol. The predicted octanol–water partition coefficient (Wildman–Crippen LogP) is 2.28. The van der Waals surface area contributed by atoms with Crippen LogP contribution in [0.5, 0.6) is 5.75 Å². The van der Waals surface area contributed by atoms with E-state index in [9.17, 15) is 4.39 Å². The Hall–Kier alpha value is -1.13. The fourth-order valence-corrected chi connectivity index (χ4v) is 2.40. The van der Waals surface area contributed by atoms with Crippen molar-refractivity contribution in [3.05, 3.63) is 30.1 Å². The molecule has 0 amide bonds. The third kappa shape index (κ3) is 4.48. The van der Waals surface area contributed by atoms with Crippen molar-refractivity contribution in [2.45, 2.75) is 32.4 Å². The third-order valence-corrected chi connectivity index (χ3v) is 3.57. The summed E-state index contributed by atoms with van der Waals surface area (Å²) in [5, 5.41) is 3.47. The van der Waals surface area contributed by atoms with Crippen molar-refractivity contribution in [1.82, 2.24) is 10.2 Å². The number of nitrogens with one attached hydrogen (secondary N) is 1. The van der Waals surface area contributed by atoms with Crippen LogP contribution in [0.4, 0.5) is 4.39 Å². The van der Waals surface area contributed by atoms with Crippen molar-refractivity contribution in [3.63, 3.8) is 0 Å². The molecule has 1 aliphatic rings. The molecule has 0 bridgehead atoms. The van der Waals surface area contributed by atoms with E-state index in [1.807, 2.05) is 0 Å². The molecule has 0 spiro atoms. The van der Waals surface area contributed by atoms with Gasteiger partial charge in [-0.2, -0.15) is 0 Å². The quantitative estimate of drug-likeness (QED) is 0.828. The van der Waals surface area contributed by atoms with Crippen LogP contribution in [0.15, 0.2) is 24.3 Å². The fourth-order valence-electron chi connectivity index (χ4n) is 2.40. The SMILES string of the molecule is CC1CN(CCCOc2ccc(F)cc2)C(C)CN1. The molecule has 0 aromatic heterocycles. The zero-order chi connectivity index (χ0) is 13.7. The second-order valence-corrected chi connectivity index (χ2v) is 5.31. The summed E-state index contributed by atoms with van der Waals surface area (Å²) in [6, 6.07) is 7.34. The van der Waals surface area contributed by atoms with Crippen LogP contribution < -0.4 is 10.1 Å². The van der Waals surface area contributed by atoms with Gasteiger partial charge in [0.25, 0.3) is 0 Å². The van der Waals surface area contributed by atoms with Gasteiger partial charge in [-0.3, -0.25) is 4.90 Å². The molecule has 19 heavy (non-hydrogen) atoms. The van der Waals surface area contributed by atoms with Crippen LogP contribution in [-0.2, 0) is 0 Å². The van der Waals surface area contributed by atoms with E-state index in [2.05, 4.69) is 24.1 Å². The number of benzene rings is 1. The summed E-state index contributed by atoms with van der Waals surface area (Å²) in [5.41, 5.74) is 0. The normalized spacial score (nSPS) is 24.4. The molecule has 1 N–H and O–H groups in total. The molecule has 1 aliphatic heterocycles. The van der Waals surface area contributed by atoms with Gasteiger partial charge in [0.15, 0.2) is 0 Å². The molecule has 0 radical (unpaired) electrons. The van der Waals surface area contributed by atoms with Crippen LogP contribution in [0.1, 0.15) is 20.3 Å². The largest absolute Gasteiger partial charge is 0.494 e. The summed E-state index contributed by atoms with van der Waals surface area (Å²) in [4.78, 5) is 2.50. The van der Waals surface area contributed by atoms with Gasteiger partial charge in [-0.15, -0.1) is 0 Å². The molecular formula is C15H23FN2O. The number of piperazine rings is 1. The molecule has 4 heteroatoms. The van der Waals surface area contributed by atoms with E-state index in [0.717, 1.165) is 31.8 Å². The standard InChI is InChI=1S/C15H23FN2O/c1-12-11-18(13(2)10-17-12)8-3-9-19-15-6-4-14(16)5-7-15/h4-7,12-13,17H,3,8-11H2,1-2H3.